The minimum atomic E-state index is -0.804. The van der Waals surface area contributed by atoms with Crippen LogP contribution in [0.15, 0.2) is 17.9 Å². The van der Waals surface area contributed by atoms with Gasteiger partial charge in [0.2, 0.25) is 0 Å². The minimum absolute atomic E-state index is 0.0720. The first-order valence-corrected chi connectivity index (χ1v) is 3.88. The summed E-state index contributed by atoms with van der Waals surface area (Å²) in [5, 5.41) is 8.23. The van der Waals surface area contributed by atoms with E-state index in [1.54, 1.807) is 0 Å². The third-order valence-electron chi connectivity index (χ3n) is 1.21. The Bertz CT molecular complexity index is 164. The molecule has 0 saturated heterocycles. The molecule has 1 N–H and O–H groups in total. The van der Waals surface area contributed by atoms with Gasteiger partial charge < -0.3 is 5.11 Å². The molecule has 62 valence electrons. The van der Waals surface area contributed by atoms with Crippen LogP contribution in [-0.2, 0) is 4.79 Å². The third-order valence-corrected chi connectivity index (χ3v) is 1.21. The molecular weight excluding hydrogens is 140 g/mol. The van der Waals surface area contributed by atoms with Crippen molar-refractivity contribution in [1.29, 1.82) is 0 Å². The fraction of sp³-hybridized carbons (Fsp3) is 0.556. The SMILES string of the molecule is CCCCC=C=CCC(=O)O. The summed E-state index contributed by atoms with van der Waals surface area (Å²) in [7, 11) is 0. The van der Waals surface area contributed by atoms with Gasteiger partial charge in [0.15, 0.2) is 0 Å². The van der Waals surface area contributed by atoms with Crippen LogP contribution in [0.25, 0.3) is 0 Å². The maximum absolute atomic E-state index is 10.0. The third kappa shape index (κ3) is 8.99. The molecule has 0 unspecified atom stereocenters. The zero-order valence-corrected chi connectivity index (χ0v) is 6.84. The van der Waals surface area contributed by atoms with E-state index in [0.29, 0.717) is 0 Å². The van der Waals surface area contributed by atoms with Gasteiger partial charge in [0.1, 0.15) is 0 Å². The van der Waals surface area contributed by atoms with Gasteiger partial charge in [0.25, 0.3) is 0 Å². The van der Waals surface area contributed by atoms with Gasteiger partial charge in [-0.1, -0.05) is 13.3 Å². The van der Waals surface area contributed by atoms with Crippen molar-refractivity contribution < 1.29 is 9.90 Å². The average Bonchev–Trinajstić information content (AvgIpc) is 1.96. The van der Waals surface area contributed by atoms with E-state index < -0.39 is 5.97 Å². The van der Waals surface area contributed by atoms with E-state index in [2.05, 4.69) is 12.7 Å². The molecule has 0 amide bonds. The second kappa shape index (κ2) is 7.10. The Morgan fingerprint density at radius 2 is 2.27 bits per heavy atom. The Morgan fingerprint density at radius 3 is 2.82 bits per heavy atom. The number of unbranched alkanes of at least 4 members (excludes halogenated alkanes) is 2. The van der Waals surface area contributed by atoms with Gasteiger partial charge in [-0.3, -0.25) is 4.79 Å². The van der Waals surface area contributed by atoms with Crippen LogP contribution in [0.1, 0.15) is 32.6 Å². The van der Waals surface area contributed by atoms with Crippen LogP contribution < -0.4 is 0 Å². The molecule has 0 aliphatic heterocycles. The van der Waals surface area contributed by atoms with Gasteiger partial charge >= 0.3 is 5.97 Å². The van der Waals surface area contributed by atoms with Crippen molar-refractivity contribution in [2.45, 2.75) is 32.6 Å². The molecule has 0 atom stereocenters. The van der Waals surface area contributed by atoms with E-state index >= 15 is 0 Å². The summed E-state index contributed by atoms with van der Waals surface area (Å²) < 4.78 is 0. The summed E-state index contributed by atoms with van der Waals surface area (Å²) in [5.41, 5.74) is 2.82. The first kappa shape index (κ1) is 9.99. The summed E-state index contributed by atoms with van der Waals surface area (Å²) in [4.78, 5) is 10.0. The van der Waals surface area contributed by atoms with Gasteiger partial charge in [-0.25, -0.2) is 0 Å². The highest BCUT2D eigenvalue weighted by atomic mass is 16.4. The molecule has 0 aromatic rings. The van der Waals surface area contributed by atoms with Gasteiger partial charge in [-0.2, -0.15) is 0 Å². The molecule has 2 heteroatoms. The van der Waals surface area contributed by atoms with Gasteiger partial charge in [-0.05, 0) is 25.0 Å². The Kier molecular flexibility index (Phi) is 6.45. The lowest BCUT2D eigenvalue weighted by atomic mass is 10.2. The van der Waals surface area contributed by atoms with E-state index in [-0.39, 0.29) is 6.42 Å². The summed E-state index contributed by atoms with van der Waals surface area (Å²) in [6, 6.07) is 0. The number of aliphatic carboxylic acids is 1. The molecule has 2 nitrogen and oxygen atoms in total. The van der Waals surface area contributed by atoms with Crippen molar-refractivity contribution in [1.82, 2.24) is 0 Å². The van der Waals surface area contributed by atoms with Crippen molar-refractivity contribution in [3.05, 3.63) is 17.9 Å². The van der Waals surface area contributed by atoms with Gasteiger partial charge in [0.05, 0.1) is 6.42 Å². The van der Waals surface area contributed by atoms with Crippen molar-refractivity contribution >= 4 is 5.97 Å². The van der Waals surface area contributed by atoms with Crippen LogP contribution in [0.4, 0.5) is 0 Å². The largest absolute Gasteiger partial charge is 0.481 e. The monoisotopic (exact) mass is 154 g/mol. The Hall–Kier alpha value is -1.01. The molecule has 0 bridgehead atoms. The first-order valence-electron chi connectivity index (χ1n) is 3.88. The lowest BCUT2D eigenvalue weighted by Crippen LogP contribution is -1.88. The molecule has 0 heterocycles. The number of carboxylic acids is 1. The lowest BCUT2D eigenvalue weighted by Gasteiger charge is -1.83. The maximum atomic E-state index is 10.0. The van der Waals surface area contributed by atoms with Crippen LogP contribution in [0.3, 0.4) is 0 Å². The smallest absolute Gasteiger partial charge is 0.307 e. The van der Waals surface area contributed by atoms with Gasteiger partial charge in [-0.15, -0.1) is 5.73 Å². The van der Waals surface area contributed by atoms with Crippen molar-refractivity contribution in [3.8, 4) is 0 Å². The Balaban J connectivity index is 3.39. The highest BCUT2D eigenvalue weighted by Gasteiger charge is 1.86. The molecule has 0 fully saturated rings. The number of hydrogen-bond acceptors (Lipinski definition) is 1. The fourth-order valence-electron chi connectivity index (χ4n) is 0.619. The second-order valence-corrected chi connectivity index (χ2v) is 2.32. The fourth-order valence-corrected chi connectivity index (χ4v) is 0.619. The van der Waals surface area contributed by atoms with Crippen LogP contribution in [0.2, 0.25) is 0 Å². The van der Waals surface area contributed by atoms with Crippen molar-refractivity contribution in [2.24, 2.45) is 0 Å². The van der Waals surface area contributed by atoms with Crippen LogP contribution in [-0.4, -0.2) is 11.1 Å². The Morgan fingerprint density at radius 1 is 1.55 bits per heavy atom. The van der Waals surface area contributed by atoms with Crippen LogP contribution >= 0.6 is 0 Å². The molecule has 0 aliphatic rings. The quantitative estimate of drug-likeness (QED) is 0.487. The highest BCUT2D eigenvalue weighted by Crippen LogP contribution is 1.93. The van der Waals surface area contributed by atoms with Crippen molar-refractivity contribution in [2.75, 3.05) is 0 Å². The zero-order chi connectivity index (χ0) is 8.53. The van der Waals surface area contributed by atoms with E-state index in [4.69, 9.17) is 5.11 Å². The first-order chi connectivity index (χ1) is 5.27. The van der Waals surface area contributed by atoms with Gasteiger partial charge in [0, 0.05) is 0 Å². The number of hydrogen-bond donors (Lipinski definition) is 1. The van der Waals surface area contributed by atoms with E-state index in [1.165, 1.54) is 6.08 Å². The van der Waals surface area contributed by atoms with Crippen LogP contribution in [0.5, 0.6) is 0 Å². The summed E-state index contributed by atoms with van der Waals surface area (Å²) in [6.45, 7) is 2.12. The standard InChI is InChI=1S/C9H14O2/c1-2-3-4-5-6-7-8-9(10)11/h5,7H,2-4,8H2,1H3,(H,10,11). The second-order valence-electron chi connectivity index (χ2n) is 2.32. The normalized spacial score (nSPS) is 8.45. The molecular formula is C9H14O2. The average molecular weight is 154 g/mol. The van der Waals surface area contributed by atoms with E-state index in [1.807, 2.05) is 6.08 Å². The molecule has 0 spiro atoms. The molecule has 0 aromatic carbocycles. The predicted molar refractivity (Wildman–Crippen MR) is 44.4 cm³/mol. The molecule has 0 saturated carbocycles. The predicted octanol–water partition coefficient (Wildman–Crippen LogP) is 2.36. The number of rotatable bonds is 5. The molecule has 11 heavy (non-hydrogen) atoms. The maximum Gasteiger partial charge on any atom is 0.307 e. The number of carbonyl (C=O) groups is 1. The Labute approximate surface area is 67.2 Å². The lowest BCUT2D eigenvalue weighted by molar-refractivity contribution is -0.135. The number of carboxylic acid groups (broad SMARTS) is 1. The molecule has 0 aliphatic carbocycles. The zero-order valence-electron chi connectivity index (χ0n) is 6.84. The molecule has 0 rings (SSSR count). The van der Waals surface area contributed by atoms with E-state index in [0.717, 1.165) is 19.3 Å². The topological polar surface area (TPSA) is 37.3 Å². The van der Waals surface area contributed by atoms with Crippen LogP contribution in [0, 0.1) is 0 Å². The molecule has 0 aromatic heterocycles. The summed E-state index contributed by atoms with van der Waals surface area (Å²) in [6.07, 6.45) is 6.80. The summed E-state index contributed by atoms with van der Waals surface area (Å²) >= 11 is 0. The molecule has 0 radical (unpaired) electrons. The van der Waals surface area contributed by atoms with E-state index in [9.17, 15) is 4.79 Å². The van der Waals surface area contributed by atoms with Crippen molar-refractivity contribution in [3.63, 3.8) is 0 Å². The summed E-state index contributed by atoms with van der Waals surface area (Å²) in [5.74, 6) is -0.804. The highest BCUT2D eigenvalue weighted by molar-refractivity contribution is 5.68. The minimum Gasteiger partial charge on any atom is -0.481 e.